The smallest absolute Gasteiger partial charge is 0.222 e. The van der Waals surface area contributed by atoms with E-state index in [9.17, 15) is 4.79 Å². The lowest BCUT2D eigenvalue weighted by atomic mass is 10.0. The summed E-state index contributed by atoms with van der Waals surface area (Å²) in [4.78, 5) is 14.3. The Morgan fingerprint density at radius 2 is 2.45 bits per heavy atom. The Balaban J connectivity index is 1.55. The fraction of sp³-hybridized carbons (Fsp3) is 0.467. The summed E-state index contributed by atoms with van der Waals surface area (Å²) in [6, 6.07) is 4.38. The molecule has 1 atom stereocenters. The van der Waals surface area contributed by atoms with E-state index in [1.165, 1.54) is 5.56 Å². The van der Waals surface area contributed by atoms with Gasteiger partial charge in [0, 0.05) is 31.9 Å². The number of piperidine rings is 1. The third-order valence-corrected chi connectivity index (χ3v) is 4.59. The second kappa shape index (κ2) is 6.22. The van der Waals surface area contributed by atoms with Crippen LogP contribution >= 0.6 is 11.3 Å². The van der Waals surface area contributed by atoms with Crippen molar-refractivity contribution in [3.05, 3.63) is 40.8 Å². The molecule has 0 radical (unpaired) electrons. The Kier molecular flexibility index (Phi) is 4.16. The van der Waals surface area contributed by atoms with Gasteiger partial charge in [0.1, 0.15) is 0 Å². The highest BCUT2D eigenvalue weighted by Gasteiger charge is 2.24. The minimum absolute atomic E-state index is 0.271. The number of hydrogen-bond acceptors (Lipinski definition) is 3. The lowest BCUT2D eigenvalue weighted by molar-refractivity contribution is -0.132. The molecule has 5 heteroatoms. The van der Waals surface area contributed by atoms with Gasteiger partial charge in [0.2, 0.25) is 5.91 Å². The van der Waals surface area contributed by atoms with Gasteiger partial charge in [-0.1, -0.05) is 0 Å². The van der Waals surface area contributed by atoms with Crippen molar-refractivity contribution in [2.75, 3.05) is 13.1 Å². The molecule has 4 nitrogen and oxygen atoms in total. The minimum Gasteiger partial charge on any atom is -0.341 e. The van der Waals surface area contributed by atoms with Crippen molar-refractivity contribution < 1.29 is 4.79 Å². The van der Waals surface area contributed by atoms with Crippen molar-refractivity contribution in [3.63, 3.8) is 0 Å². The van der Waals surface area contributed by atoms with E-state index in [2.05, 4.69) is 21.9 Å². The van der Waals surface area contributed by atoms with Crippen molar-refractivity contribution in [2.24, 2.45) is 0 Å². The summed E-state index contributed by atoms with van der Waals surface area (Å²) >= 11 is 1.69. The van der Waals surface area contributed by atoms with Gasteiger partial charge in [-0.05, 0) is 47.7 Å². The summed E-state index contributed by atoms with van der Waals surface area (Å²) in [6.45, 7) is 1.68. The minimum atomic E-state index is 0.271. The molecule has 0 aromatic carbocycles. The number of nitrogens with zero attached hydrogens (tertiary/aromatic N) is 3. The number of carbonyl (C=O) groups is 1. The van der Waals surface area contributed by atoms with Gasteiger partial charge in [0.25, 0.3) is 0 Å². The van der Waals surface area contributed by atoms with Crippen LogP contribution in [0.1, 0.15) is 30.9 Å². The third-order valence-electron chi connectivity index (χ3n) is 3.86. The van der Waals surface area contributed by atoms with Crippen LogP contribution in [0, 0.1) is 0 Å². The number of amides is 1. The number of aromatic nitrogens is 2. The molecule has 2 aromatic heterocycles. The van der Waals surface area contributed by atoms with Crippen molar-refractivity contribution in [1.82, 2.24) is 14.7 Å². The number of rotatable bonds is 4. The van der Waals surface area contributed by atoms with Crippen LogP contribution in [0.25, 0.3) is 0 Å². The first kappa shape index (κ1) is 13.4. The SMILES string of the molecule is O=C(CCc1ccsc1)N1CCC[C@H](n2cccn2)C1. The van der Waals surface area contributed by atoms with Crippen molar-refractivity contribution in [2.45, 2.75) is 31.7 Å². The quantitative estimate of drug-likeness (QED) is 0.868. The van der Waals surface area contributed by atoms with Crippen LogP contribution in [-0.4, -0.2) is 33.7 Å². The number of thiophene rings is 1. The highest BCUT2D eigenvalue weighted by molar-refractivity contribution is 7.07. The lowest BCUT2D eigenvalue weighted by Gasteiger charge is -2.33. The zero-order valence-corrected chi connectivity index (χ0v) is 12.3. The van der Waals surface area contributed by atoms with E-state index in [0.29, 0.717) is 12.5 Å². The first-order valence-corrected chi connectivity index (χ1v) is 8.05. The summed E-state index contributed by atoms with van der Waals surface area (Å²) < 4.78 is 1.98. The van der Waals surface area contributed by atoms with E-state index in [0.717, 1.165) is 32.4 Å². The normalized spacial score (nSPS) is 19.2. The van der Waals surface area contributed by atoms with Crippen LogP contribution in [0.15, 0.2) is 35.3 Å². The number of likely N-dealkylation sites (tertiary alicyclic amines) is 1. The zero-order valence-electron chi connectivity index (χ0n) is 11.4. The lowest BCUT2D eigenvalue weighted by Crippen LogP contribution is -2.40. The van der Waals surface area contributed by atoms with Gasteiger partial charge < -0.3 is 4.90 Å². The van der Waals surface area contributed by atoms with Crippen LogP contribution in [0.2, 0.25) is 0 Å². The molecule has 1 fully saturated rings. The van der Waals surface area contributed by atoms with E-state index in [4.69, 9.17) is 0 Å². The van der Waals surface area contributed by atoms with Gasteiger partial charge in [-0.15, -0.1) is 0 Å². The van der Waals surface area contributed by atoms with Crippen molar-refractivity contribution >= 4 is 17.2 Å². The average molecular weight is 289 g/mol. The summed E-state index contributed by atoms with van der Waals surface area (Å²) in [5.74, 6) is 0.271. The summed E-state index contributed by atoms with van der Waals surface area (Å²) in [5.41, 5.74) is 1.27. The molecule has 1 amide bonds. The Labute approximate surface area is 123 Å². The maximum Gasteiger partial charge on any atom is 0.222 e. The molecule has 106 valence electrons. The van der Waals surface area contributed by atoms with Crippen LogP contribution in [0.4, 0.5) is 0 Å². The van der Waals surface area contributed by atoms with Gasteiger partial charge in [-0.25, -0.2) is 0 Å². The van der Waals surface area contributed by atoms with Gasteiger partial charge in [0.15, 0.2) is 0 Å². The van der Waals surface area contributed by atoms with Crippen LogP contribution < -0.4 is 0 Å². The monoisotopic (exact) mass is 289 g/mol. The molecule has 0 unspecified atom stereocenters. The maximum absolute atomic E-state index is 12.3. The van der Waals surface area contributed by atoms with Crippen LogP contribution in [0.5, 0.6) is 0 Å². The molecule has 3 heterocycles. The molecule has 0 aliphatic carbocycles. The summed E-state index contributed by atoms with van der Waals surface area (Å²) in [5, 5.41) is 8.49. The van der Waals surface area contributed by atoms with Crippen LogP contribution in [0.3, 0.4) is 0 Å². The predicted molar refractivity (Wildman–Crippen MR) is 79.7 cm³/mol. The Bertz CT molecular complexity index is 535. The van der Waals surface area contributed by atoms with E-state index in [1.807, 2.05) is 21.8 Å². The Hall–Kier alpha value is -1.62. The van der Waals surface area contributed by atoms with E-state index >= 15 is 0 Å². The van der Waals surface area contributed by atoms with Crippen LogP contribution in [-0.2, 0) is 11.2 Å². The average Bonchev–Trinajstić information content (AvgIpc) is 3.18. The van der Waals surface area contributed by atoms with E-state index < -0.39 is 0 Å². The molecular weight excluding hydrogens is 270 g/mol. The summed E-state index contributed by atoms with van der Waals surface area (Å²) in [6.07, 6.45) is 7.43. The molecule has 2 aromatic rings. The molecule has 0 bridgehead atoms. The molecule has 1 aliphatic heterocycles. The van der Waals surface area contributed by atoms with Crippen molar-refractivity contribution in [3.8, 4) is 0 Å². The first-order valence-electron chi connectivity index (χ1n) is 7.11. The highest BCUT2D eigenvalue weighted by atomic mass is 32.1. The van der Waals surface area contributed by atoms with E-state index in [1.54, 1.807) is 17.5 Å². The van der Waals surface area contributed by atoms with Gasteiger partial charge in [0.05, 0.1) is 6.04 Å². The fourth-order valence-corrected chi connectivity index (χ4v) is 3.44. The number of hydrogen-bond donors (Lipinski definition) is 0. The Morgan fingerprint density at radius 1 is 1.50 bits per heavy atom. The highest BCUT2D eigenvalue weighted by Crippen LogP contribution is 2.21. The second-order valence-electron chi connectivity index (χ2n) is 5.25. The first-order chi connectivity index (χ1) is 9.83. The molecule has 1 aliphatic rings. The molecule has 0 saturated carbocycles. The van der Waals surface area contributed by atoms with Gasteiger partial charge in [-0.2, -0.15) is 16.4 Å². The third kappa shape index (κ3) is 3.10. The molecule has 20 heavy (non-hydrogen) atoms. The Morgan fingerprint density at radius 3 is 3.20 bits per heavy atom. The predicted octanol–water partition coefficient (Wildman–Crippen LogP) is 2.74. The zero-order chi connectivity index (χ0) is 13.8. The number of aryl methyl sites for hydroxylation is 1. The van der Waals surface area contributed by atoms with Gasteiger partial charge in [-0.3, -0.25) is 9.48 Å². The molecular formula is C15H19N3OS. The largest absolute Gasteiger partial charge is 0.341 e. The summed E-state index contributed by atoms with van der Waals surface area (Å²) in [7, 11) is 0. The molecule has 1 saturated heterocycles. The van der Waals surface area contributed by atoms with E-state index in [-0.39, 0.29) is 5.91 Å². The number of carbonyl (C=O) groups excluding carboxylic acids is 1. The topological polar surface area (TPSA) is 38.1 Å². The van der Waals surface area contributed by atoms with Gasteiger partial charge >= 0.3 is 0 Å². The van der Waals surface area contributed by atoms with Crippen molar-refractivity contribution in [1.29, 1.82) is 0 Å². The molecule has 0 N–H and O–H groups in total. The molecule has 3 rings (SSSR count). The maximum atomic E-state index is 12.3. The fourth-order valence-electron chi connectivity index (χ4n) is 2.74. The standard InChI is InChI=1S/C15H19N3OS/c19-15(5-4-13-6-10-20-12-13)17-8-1-3-14(11-17)18-9-2-7-16-18/h2,6-7,9-10,12,14H,1,3-5,8,11H2/t14-/m0/s1. The molecule has 0 spiro atoms. The second-order valence-corrected chi connectivity index (χ2v) is 6.03.